The van der Waals surface area contributed by atoms with E-state index >= 15 is 0 Å². The zero-order valence-corrected chi connectivity index (χ0v) is 16.4. The molecule has 0 spiro atoms. The molecule has 0 aliphatic heterocycles. The van der Waals surface area contributed by atoms with Crippen LogP contribution in [0.25, 0.3) is 0 Å². The van der Waals surface area contributed by atoms with Gasteiger partial charge in [-0.15, -0.1) is 0 Å². The molecule has 146 valence electrons. The molecule has 0 saturated carbocycles. The molecular weight excluding hydrogens is 354 g/mol. The smallest absolute Gasteiger partial charge is 0.136 e. The summed E-state index contributed by atoms with van der Waals surface area (Å²) in [6.07, 6.45) is 0. The number of anilines is 1. The molecule has 0 heterocycles. The van der Waals surface area contributed by atoms with Crippen molar-refractivity contribution in [2.45, 2.75) is 20.1 Å². The molecule has 0 unspecified atom stereocenters. The standard InChI is InChI=1S/C23H25NO4/c1-16-4-8-20(9-5-16)27-22-13-23(28-21-10-6-19(24)7-11-21)18(15-26-3)12-17(22)14-25-2/h4-13H,14-15,24H2,1-3H3. The van der Waals surface area contributed by atoms with Crippen LogP contribution in [0.5, 0.6) is 23.0 Å². The molecule has 0 aliphatic carbocycles. The van der Waals surface area contributed by atoms with Crippen molar-refractivity contribution < 1.29 is 18.9 Å². The molecule has 3 aromatic carbocycles. The number of ether oxygens (including phenoxy) is 4. The highest BCUT2D eigenvalue weighted by Gasteiger charge is 2.14. The topological polar surface area (TPSA) is 62.9 Å². The number of rotatable bonds is 8. The van der Waals surface area contributed by atoms with Crippen LogP contribution < -0.4 is 15.2 Å². The van der Waals surface area contributed by atoms with E-state index in [1.807, 2.05) is 55.5 Å². The van der Waals surface area contributed by atoms with Crippen molar-refractivity contribution >= 4 is 5.69 Å². The molecule has 0 atom stereocenters. The summed E-state index contributed by atoms with van der Waals surface area (Å²) in [6.45, 7) is 2.87. The number of benzene rings is 3. The SMILES string of the molecule is COCc1cc(COC)c(Oc2ccc(N)cc2)cc1Oc1ccc(C)cc1. The van der Waals surface area contributed by atoms with E-state index in [0.717, 1.165) is 16.9 Å². The van der Waals surface area contributed by atoms with Crippen LogP contribution in [0.15, 0.2) is 60.7 Å². The second-order valence-corrected chi connectivity index (χ2v) is 6.52. The molecular formula is C23H25NO4. The Bertz CT molecular complexity index is 832. The average Bonchev–Trinajstić information content (AvgIpc) is 2.69. The Morgan fingerprint density at radius 2 is 1.14 bits per heavy atom. The first-order valence-corrected chi connectivity index (χ1v) is 9.00. The molecule has 0 bridgehead atoms. The van der Waals surface area contributed by atoms with Gasteiger partial charge < -0.3 is 24.7 Å². The van der Waals surface area contributed by atoms with Gasteiger partial charge in [0.05, 0.1) is 13.2 Å². The van der Waals surface area contributed by atoms with Crippen LogP contribution >= 0.6 is 0 Å². The first-order valence-electron chi connectivity index (χ1n) is 9.00. The minimum Gasteiger partial charge on any atom is -0.457 e. The van der Waals surface area contributed by atoms with Gasteiger partial charge in [-0.2, -0.15) is 0 Å². The van der Waals surface area contributed by atoms with Crippen molar-refractivity contribution in [2.75, 3.05) is 20.0 Å². The van der Waals surface area contributed by atoms with Crippen LogP contribution in [0, 0.1) is 6.92 Å². The fourth-order valence-electron chi connectivity index (χ4n) is 2.78. The Hall–Kier alpha value is -3.02. The molecule has 3 aromatic rings. The summed E-state index contributed by atoms with van der Waals surface area (Å²) in [5.41, 5.74) is 9.44. The van der Waals surface area contributed by atoms with Crippen molar-refractivity contribution in [1.82, 2.24) is 0 Å². The van der Waals surface area contributed by atoms with Gasteiger partial charge in [0.15, 0.2) is 0 Å². The molecule has 0 fully saturated rings. The first kappa shape index (κ1) is 19.7. The maximum absolute atomic E-state index is 6.13. The van der Waals surface area contributed by atoms with Gasteiger partial charge in [0.2, 0.25) is 0 Å². The number of nitrogens with two attached hydrogens (primary N) is 1. The largest absolute Gasteiger partial charge is 0.457 e. The predicted octanol–water partition coefficient (Wildman–Crippen LogP) is 5.45. The van der Waals surface area contributed by atoms with Crippen LogP contribution in [0.3, 0.4) is 0 Å². The van der Waals surface area contributed by atoms with Crippen molar-refractivity contribution in [3.63, 3.8) is 0 Å². The molecule has 0 aromatic heterocycles. The lowest BCUT2D eigenvalue weighted by Gasteiger charge is -2.17. The lowest BCUT2D eigenvalue weighted by molar-refractivity contribution is 0.176. The molecule has 0 saturated heterocycles. The second kappa shape index (κ2) is 9.26. The number of hydrogen-bond acceptors (Lipinski definition) is 5. The van der Waals surface area contributed by atoms with E-state index in [1.165, 1.54) is 5.56 Å². The lowest BCUT2D eigenvalue weighted by Crippen LogP contribution is -2.00. The Kier molecular flexibility index (Phi) is 6.53. The fraction of sp³-hybridized carbons (Fsp3) is 0.217. The van der Waals surface area contributed by atoms with E-state index < -0.39 is 0 Å². The quantitative estimate of drug-likeness (QED) is 0.527. The summed E-state index contributed by atoms with van der Waals surface area (Å²) in [7, 11) is 3.31. The number of aryl methyl sites for hydroxylation is 1. The predicted molar refractivity (Wildman–Crippen MR) is 110 cm³/mol. The molecule has 5 nitrogen and oxygen atoms in total. The molecule has 2 N–H and O–H groups in total. The Balaban J connectivity index is 1.98. The summed E-state index contributed by atoms with van der Waals surface area (Å²) in [6, 6.07) is 19.0. The molecule has 0 radical (unpaired) electrons. The van der Waals surface area contributed by atoms with Gasteiger partial charge in [-0.1, -0.05) is 17.7 Å². The summed E-state index contributed by atoms with van der Waals surface area (Å²) in [5.74, 6) is 2.78. The molecule has 3 rings (SSSR count). The van der Waals surface area contributed by atoms with Gasteiger partial charge in [0, 0.05) is 37.1 Å². The number of methoxy groups -OCH3 is 2. The Morgan fingerprint density at radius 1 is 0.679 bits per heavy atom. The Morgan fingerprint density at radius 3 is 1.61 bits per heavy atom. The van der Waals surface area contributed by atoms with E-state index in [2.05, 4.69) is 0 Å². The molecule has 5 heteroatoms. The van der Waals surface area contributed by atoms with Crippen LogP contribution in [0.1, 0.15) is 16.7 Å². The third-order valence-corrected chi connectivity index (χ3v) is 4.20. The zero-order valence-electron chi connectivity index (χ0n) is 16.4. The Labute approximate surface area is 165 Å². The minimum atomic E-state index is 0.409. The number of nitrogen functional groups attached to an aromatic ring is 1. The fourth-order valence-corrected chi connectivity index (χ4v) is 2.78. The van der Waals surface area contributed by atoms with E-state index in [4.69, 9.17) is 24.7 Å². The maximum atomic E-state index is 6.13. The van der Waals surface area contributed by atoms with Gasteiger partial charge >= 0.3 is 0 Å². The lowest BCUT2D eigenvalue weighted by atomic mass is 10.1. The monoisotopic (exact) mass is 379 g/mol. The van der Waals surface area contributed by atoms with Gasteiger partial charge in [-0.3, -0.25) is 0 Å². The van der Waals surface area contributed by atoms with Gasteiger partial charge in [-0.05, 0) is 49.4 Å². The third-order valence-electron chi connectivity index (χ3n) is 4.20. The average molecular weight is 379 g/mol. The first-order chi connectivity index (χ1) is 13.6. The van der Waals surface area contributed by atoms with E-state index in [-0.39, 0.29) is 0 Å². The van der Waals surface area contributed by atoms with Crippen LogP contribution in [0.2, 0.25) is 0 Å². The zero-order chi connectivity index (χ0) is 19.9. The normalized spacial score (nSPS) is 10.7. The maximum Gasteiger partial charge on any atom is 0.136 e. The summed E-state index contributed by atoms with van der Waals surface area (Å²) in [5, 5.41) is 0. The van der Waals surface area contributed by atoms with E-state index in [9.17, 15) is 0 Å². The second-order valence-electron chi connectivity index (χ2n) is 6.52. The van der Waals surface area contributed by atoms with Crippen molar-refractivity contribution in [1.29, 1.82) is 0 Å². The minimum absolute atomic E-state index is 0.409. The van der Waals surface area contributed by atoms with Crippen molar-refractivity contribution in [2.24, 2.45) is 0 Å². The number of hydrogen-bond donors (Lipinski definition) is 1. The van der Waals surface area contributed by atoms with Gasteiger partial charge in [-0.25, -0.2) is 0 Å². The molecule has 0 amide bonds. The summed E-state index contributed by atoms with van der Waals surface area (Å²) >= 11 is 0. The van der Waals surface area contributed by atoms with E-state index in [0.29, 0.717) is 36.1 Å². The van der Waals surface area contributed by atoms with Crippen LogP contribution in [-0.2, 0) is 22.7 Å². The summed E-state index contributed by atoms with van der Waals surface area (Å²) in [4.78, 5) is 0. The highest BCUT2D eigenvalue weighted by molar-refractivity contribution is 5.50. The van der Waals surface area contributed by atoms with E-state index in [1.54, 1.807) is 26.4 Å². The summed E-state index contributed by atoms with van der Waals surface area (Å²) < 4.78 is 22.9. The highest BCUT2D eigenvalue weighted by Crippen LogP contribution is 2.36. The highest BCUT2D eigenvalue weighted by atomic mass is 16.5. The van der Waals surface area contributed by atoms with Crippen molar-refractivity contribution in [3.8, 4) is 23.0 Å². The third kappa shape index (κ3) is 5.03. The van der Waals surface area contributed by atoms with Crippen LogP contribution in [-0.4, -0.2) is 14.2 Å². The van der Waals surface area contributed by atoms with Crippen molar-refractivity contribution in [3.05, 3.63) is 77.4 Å². The molecule has 0 aliphatic rings. The van der Waals surface area contributed by atoms with Crippen LogP contribution in [0.4, 0.5) is 5.69 Å². The molecule has 28 heavy (non-hydrogen) atoms. The van der Waals surface area contributed by atoms with Gasteiger partial charge in [0.1, 0.15) is 23.0 Å². The van der Waals surface area contributed by atoms with Gasteiger partial charge in [0.25, 0.3) is 0 Å².